The summed E-state index contributed by atoms with van der Waals surface area (Å²) in [6.45, 7) is -0.0256. The van der Waals surface area contributed by atoms with Crippen molar-refractivity contribution < 1.29 is 27.5 Å². The van der Waals surface area contributed by atoms with Crippen molar-refractivity contribution >= 4 is 27.9 Å². The first-order chi connectivity index (χ1) is 15.4. The molecule has 1 aliphatic heterocycles. The third-order valence-electron chi connectivity index (χ3n) is 4.95. The second-order valence-electron chi connectivity index (χ2n) is 7.19. The zero-order valence-corrected chi connectivity index (χ0v) is 18.1. The fourth-order valence-corrected chi connectivity index (χ4v) is 4.65. The Morgan fingerprint density at radius 3 is 2.44 bits per heavy atom. The van der Waals surface area contributed by atoms with E-state index in [0.29, 0.717) is 0 Å². The molecule has 0 spiro atoms. The minimum atomic E-state index is -3.67. The number of amides is 3. The first-order valence-electron chi connectivity index (χ1n) is 10.0. The van der Waals surface area contributed by atoms with Gasteiger partial charge in [-0.15, -0.1) is 0 Å². The van der Waals surface area contributed by atoms with Gasteiger partial charge in [-0.25, -0.2) is 13.2 Å². The van der Waals surface area contributed by atoms with Gasteiger partial charge >= 0.3 is 12.0 Å². The minimum Gasteiger partial charge on any atom is -0.455 e. The van der Waals surface area contributed by atoms with Crippen molar-refractivity contribution in [3.8, 4) is 0 Å². The van der Waals surface area contributed by atoms with Gasteiger partial charge in [0.15, 0.2) is 6.61 Å². The Hall–Kier alpha value is -3.31. The predicted molar refractivity (Wildman–Crippen MR) is 113 cm³/mol. The number of nitrogens with one attached hydrogen (secondary N) is 2. The number of esters is 1. The second-order valence-corrected chi connectivity index (χ2v) is 9.13. The molecule has 0 bridgehead atoms. The van der Waals surface area contributed by atoms with Crippen LogP contribution in [0.25, 0.3) is 0 Å². The molecule has 3 rings (SSSR count). The molecular formula is C21H24N4O6S. The number of hydrogen-bond acceptors (Lipinski definition) is 7. The molecule has 170 valence electrons. The lowest BCUT2D eigenvalue weighted by Crippen LogP contribution is -2.42. The highest BCUT2D eigenvalue weighted by Crippen LogP contribution is 2.24. The number of imide groups is 1. The van der Waals surface area contributed by atoms with Crippen molar-refractivity contribution in [3.63, 3.8) is 0 Å². The summed E-state index contributed by atoms with van der Waals surface area (Å²) in [5.41, 5.74) is 0.874. The van der Waals surface area contributed by atoms with E-state index in [1.54, 1.807) is 6.07 Å². The average Bonchev–Trinajstić information content (AvgIpc) is 2.82. The zero-order chi connectivity index (χ0) is 23.0. The normalized spacial score (nSPS) is 15.0. The number of hydrogen-bond donors (Lipinski definition) is 2. The molecule has 1 aliphatic rings. The topological polar surface area (TPSA) is 135 Å². The van der Waals surface area contributed by atoms with Crippen molar-refractivity contribution in [1.29, 1.82) is 0 Å². The van der Waals surface area contributed by atoms with Crippen molar-refractivity contribution in [1.82, 2.24) is 19.9 Å². The molecular weight excluding hydrogens is 436 g/mol. The first kappa shape index (κ1) is 23.4. The summed E-state index contributed by atoms with van der Waals surface area (Å²) in [6.07, 6.45) is 3.32. The Morgan fingerprint density at radius 1 is 1.06 bits per heavy atom. The molecule has 1 aromatic carbocycles. The van der Waals surface area contributed by atoms with Crippen molar-refractivity contribution in [2.45, 2.75) is 24.3 Å². The maximum atomic E-state index is 12.6. The monoisotopic (exact) mass is 460 g/mol. The molecule has 0 saturated carbocycles. The van der Waals surface area contributed by atoms with Crippen LogP contribution in [0.2, 0.25) is 0 Å². The van der Waals surface area contributed by atoms with Crippen LogP contribution in [0.15, 0.2) is 59.8 Å². The number of aromatic nitrogens is 1. The van der Waals surface area contributed by atoms with E-state index in [-0.39, 0.29) is 37.4 Å². The van der Waals surface area contributed by atoms with Gasteiger partial charge in [0.2, 0.25) is 10.0 Å². The molecule has 0 aliphatic carbocycles. The van der Waals surface area contributed by atoms with Crippen LogP contribution < -0.4 is 10.6 Å². The van der Waals surface area contributed by atoms with Crippen LogP contribution in [0.5, 0.6) is 0 Å². The van der Waals surface area contributed by atoms with Crippen LogP contribution in [0.4, 0.5) is 4.79 Å². The van der Waals surface area contributed by atoms with Crippen LogP contribution in [0, 0.1) is 5.92 Å². The summed E-state index contributed by atoms with van der Waals surface area (Å²) >= 11 is 0. The zero-order valence-electron chi connectivity index (χ0n) is 17.3. The summed E-state index contributed by atoms with van der Waals surface area (Å²) in [6, 6.07) is 11.5. The SMILES string of the molecule is O=C(COC(=O)C1CCN(S(=O)(=O)c2cccnc2)CC1)NC(=O)NCc1ccccc1. The molecule has 2 aromatic rings. The van der Waals surface area contributed by atoms with Gasteiger partial charge in [-0.3, -0.25) is 19.9 Å². The van der Waals surface area contributed by atoms with E-state index < -0.39 is 40.5 Å². The Morgan fingerprint density at radius 2 is 1.78 bits per heavy atom. The lowest BCUT2D eigenvalue weighted by Gasteiger charge is -2.29. The number of pyridine rings is 1. The van der Waals surface area contributed by atoms with E-state index in [0.717, 1.165) is 5.56 Å². The van der Waals surface area contributed by atoms with E-state index in [1.165, 1.54) is 22.8 Å². The van der Waals surface area contributed by atoms with Gasteiger partial charge in [0.1, 0.15) is 4.90 Å². The lowest BCUT2D eigenvalue weighted by molar-refractivity contribution is -0.153. The summed E-state index contributed by atoms with van der Waals surface area (Å²) in [7, 11) is -3.67. The molecule has 32 heavy (non-hydrogen) atoms. The summed E-state index contributed by atoms with van der Waals surface area (Å²) in [5, 5.41) is 4.63. The molecule has 10 nitrogen and oxygen atoms in total. The van der Waals surface area contributed by atoms with Gasteiger partial charge < -0.3 is 10.1 Å². The number of urea groups is 1. The lowest BCUT2D eigenvalue weighted by atomic mass is 9.98. The van der Waals surface area contributed by atoms with Gasteiger partial charge in [0.25, 0.3) is 5.91 Å². The van der Waals surface area contributed by atoms with E-state index in [2.05, 4.69) is 15.6 Å². The minimum absolute atomic E-state index is 0.100. The van der Waals surface area contributed by atoms with Gasteiger partial charge in [0.05, 0.1) is 5.92 Å². The molecule has 2 N–H and O–H groups in total. The molecule has 0 atom stereocenters. The summed E-state index contributed by atoms with van der Waals surface area (Å²) in [5.74, 6) is -1.86. The van der Waals surface area contributed by atoms with Crippen LogP contribution >= 0.6 is 0 Å². The highest BCUT2D eigenvalue weighted by molar-refractivity contribution is 7.89. The Bertz CT molecular complexity index is 1040. The number of carbonyl (C=O) groups excluding carboxylic acids is 3. The second kappa shape index (κ2) is 10.8. The van der Waals surface area contributed by atoms with E-state index in [4.69, 9.17) is 4.74 Å². The number of carbonyl (C=O) groups is 3. The number of sulfonamides is 1. The number of nitrogens with zero attached hydrogens (tertiary/aromatic N) is 2. The highest BCUT2D eigenvalue weighted by atomic mass is 32.2. The quantitative estimate of drug-likeness (QED) is 0.590. The molecule has 0 radical (unpaired) electrons. The molecule has 2 heterocycles. The number of ether oxygens (including phenoxy) is 1. The number of benzene rings is 1. The molecule has 1 saturated heterocycles. The third kappa shape index (κ3) is 6.34. The fourth-order valence-electron chi connectivity index (χ4n) is 3.22. The van der Waals surface area contributed by atoms with E-state index in [1.807, 2.05) is 30.3 Å². The smallest absolute Gasteiger partial charge is 0.321 e. The van der Waals surface area contributed by atoms with Crippen molar-refractivity contribution in [3.05, 3.63) is 60.4 Å². The van der Waals surface area contributed by atoms with E-state index in [9.17, 15) is 22.8 Å². The van der Waals surface area contributed by atoms with Gasteiger partial charge in [-0.1, -0.05) is 30.3 Å². The van der Waals surface area contributed by atoms with Crippen LogP contribution in [-0.2, 0) is 30.9 Å². The largest absolute Gasteiger partial charge is 0.455 e. The molecule has 11 heteroatoms. The molecule has 1 fully saturated rings. The Kier molecular flexibility index (Phi) is 7.90. The number of rotatable bonds is 7. The van der Waals surface area contributed by atoms with Crippen molar-refractivity contribution in [2.75, 3.05) is 19.7 Å². The van der Waals surface area contributed by atoms with Crippen molar-refractivity contribution in [2.24, 2.45) is 5.92 Å². The van der Waals surface area contributed by atoms with Crippen LogP contribution in [-0.4, -0.2) is 55.3 Å². The summed E-state index contributed by atoms with van der Waals surface area (Å²) < 4.78 is 31.5. The van der Waals surface area contributed by atoms with E-state index >= 15 is 0 Å². The first-order valence-corrected chi connectivity index (χ1v) is 11.5. The average molecular weight is 461 g/mol. The van der Waals surface area contributed by atoms with Crippen LogP contribution in [0.1, 0.15) is 18.4 Å². The Balaban J connectivity index is 1.38. The fraction of sp³-hybridized carbons (Fsp3) is 0.333. The molecule has 3 amide bonds. The van der Waals surface area contributed by atoms with Gasteiger partial charge in [-0.05, 0) is 30.5 Å². The Labute approximate surface area is 186 Å². The highest BCUT2D eigenvalue weighted by Gasteiger charge is 2.33. The molecule has 0 unspecified atom stereocenters. The maximum Gasteiger partial charge on any atom is 0.321 e. The van der Waals surface area contributed by atoms with Gasteiger partial charge in [0, 0.05) is 32.0 Å². The predicted octanol–water partition coefficient (Wildman–Crippen LogP) is 1.05. The van der Waals surface area contributed by atoms with Gasteiger partial charge in [-0.2, -0.15) is 4.31 Å². The summed E-state index contributed by atoms with van der Waals surface area (Å²) in [4.78, 5) is 39.8. The number of piperidine rings is 1. The third-order valence-corrected chi connectivity index (χ3v) is 6.84. The standard InChI is InChI=1S/C21H24N4O6S/c26-19(24-21(28)23-13-16-5-2-1-3-6-16)15-31-20(27)17-8-11-25(12-9-17)32(29,30)18-7-4-10-22-14-18/h1-7,10,14,17H,8-9,11-13,15H2,(H2,23,24,26,28). The van der Waals surface area contributed by atoms with Crippen LogP contribution in [0.3, 0.4) is 0 Å². The molecule has 1 aromatic heterocycles. The maximum absolute atomic E-state index is 12.6.